The molecule has 0 saturated heterocycles. The molecular weight excluding hydrogens is 475 g/mol. The number of benzene rings is 2. The van der Waals surface area contributed by atoms with Crippen LogP contribution in [0.1, 0.15) is 22.8 Å². The number of carbonyl (C=O) groups excluding carboxylic acids is 2. The molecule has 3 aromatic rings. The molecule has 184 valence electrons. The number of hydrogen-bond donors (Lipinski definition) is 4. The molecule has 2 aromatic carbocycles. The van der Waals surface area contributed by atoms with Gasteiger partial charge in [0.2, 0.25) is 11.9 Å². The summed E-state index contributed by atoms with van der Waals surface area (Å²) in [5.41, 5.74) is -0.582. The lowest BCUT2D eigenvalue weighted by atomic mass is 10.2. The summed E-state index contributed by atoms with van der Waals surface area (Å²) in [6.45, 7) is 1.38. The van der Waals surface area contributed by atoms with Crippen LogP contribution in [0.4, 0.5) is 45.1 Å². The third-order valence-corrected chi connectivity index (χ3v) is 4.41. The number of carbonyl (C=O) groups is 2. The number of nitrogens with zero attached hydrogens (tertiary/aromatic N) is 2. The molecule has 4 N–H and O–H groups in total. The lowest BCUT2D eigenvalue weighted by molar-refractivity contribution is -0.137. The Hall–Kier alpha value is -4.29. The Morgan fingerprint density at radius 1 is 0.943 bits per heavy atom. The largest absolute Gasteiger partial charge is 0.421 e. The smallest absolute Gasteiger partial charge is 0.368 e. The van der Waals surface area contributed by atoms with Gasteiger partial charge in [0.25, 0.3) is 5.91 Å². The number of aromatic nitrogens is 2. The number of amides is 2. The van der Waals surface area contributed by atoms with Crippen molar-refractivity contribution in [2.75, 3.05) is 29.0 Å². The molecule has 0 spiro atoms. The van der Waals surface area contributed by atoms with Gasteiger partial charge in [0, 0.05) is 49.2 Å². The molecule has 3 rings (SSSR count). The van der Waals surface area contributed by atoms with Crippen LogP contribution in [-0.2, 0) is 11.0 Å². The van der Waals surface area contributed by atoms with Gasteiger partial charge in [0.1, 0.15) is 23.0 Å². The quantitative estimate of drug-likeness (QED) is 0.275. The summed E-state index contributed by atoms with van der Waals surface area (Å²) in [7, 11) is 0. The molecule has 8 nitrogen and oxygen atoms in total. The summed E-state index contributed by atoms with van der Waals surface area (Å²) in [5, 5.41) is 10.2. The highest BCUT2D eigenvalue weighted by atomic mass is 19.4. The van der Waals surface area contributed by atoms with Crippen LogP contribution in [0.15, 0.2) is 48.7 Å². The van der Waals surface area contributed by atoms with E-state index >= 15 is 0 Å². The fourth-order valence-electron chi connectivity index (χ4n) is 2.86. The number of anilines is 4. The first kappa shape index (κ1) is 25.3. The van der Waals surface area contributed by atoms with E-state index in [2.05, 4.69) is 31.2 Å². The maximum absolute atomic E-state index is 13.3. The van der Waals surface area contributed by atoms with Crippen molar-refractivity contribution in [1.82, 2.24) is 15.3 Å². The number of alkyl halides is 3. The molecule has 0 aliphatic heterocycles. The Morgan fingerprint density at radius 3 is 2.17 bits per heavy atom. The number of nitrogens with one attached hydrogen (secondary N) is 4. The van der Waals surface area contributed by atoms with Gasteiger partial charge in [-0.05, 0) is 36.4 Å². The first-order chi connectivity index (χ1) is 16.5. The Bertz CT molecular complexity index is 1200. The standard InChI is InChI=1S/C22H19F5N6O2/c1-12(34)28-6-7-29-19-18(22(25,26)27)11-30-21(33-19)32-17-4-2-16(3-5-17)31-20(35)13-8-14(23)10-15(24)9-13/h2-5,8-11H,6-7H2,1H3,(H,28,34)(H,31,35)(H2,29,30,32,33). The van der Waals surface area contributed by atoms with Gasteiger partial charge < -0.3 is 21.3 Å². The minimum absolute atomic E-state index is 0.00270. The second-order valence-corrected chi connectivity index (χ2v) is 7.18. The minimum Gasteiger partial charge on any atom is -0.368 e. The summed E-state index contributed by atoms with van der Waals surface area (Å²) in [4.78, 5) is 30.7. The highest BCUT2D eigenvalue weighted by Gasteiger charge is 2.35. The van der Waals surface area contributed by atoms with Crippen LogP contribution in [0.2, 0.25) is 0 Å². The van der Waals surface area contributed by atoms with Crippen LogP contribution in [0, 0.1) is 11.6 Å². The van der Waals surface area contributed by atoms with E-state index in [1.807, 2.05) is 0 Å². The van der Waals surface area contributed by atoms with E-state index in [-0.39, 0.29) is 30.5 Å². The Kier molecular flexibility index (Phi) is 7.79. The fraction of sp³-hybridized carbons (Fsp3) is 0.182. The average Bonchev–Trinajstić information content (AvgIpc) is 2.76. The van der Waals surface area contributed by atoms with Gasteiger partial charge in [-0.2, -0.15) is 18.2 Å². The first-order valence-corrected chi connectivity index (χ1v) is 10.1. The monoisotopic (exact) mass is 494 g/mol. The molecule has 0 unspecified atom stereocenters. The van der Waals surface area contributed by atoms with Gasteiger partial charge in [-0.1, -0.05) is 0 Å². The molecule has 0 aliphatic carbocycles. The van der Waals surface area contributed by atoms with E-state index < -0.39 is 35.1 Å². The maximum Gasteiger partial charge on any atom is 0.421 e. The van der Waals surface area contributed by atoms with Crippen LogP contribution in [0.5, 0.6) is 0 Å². The molecule has 0 aliphatic rings. The van der Waals surface area contributed by atoms with Crippen molar-refractivity contribution in [2.24, 2.45) is 0 Å². The van der Waals surface area contributed by atoms with Crippen molar-refractivity contribution in [3.05, 3.63) is 71.4 Å². The van der Waals surface area contributed by atoms with Crippen LogP contribution in [0.3, 0.4) is 0 Å². The average molecular weight is 494 g/mol. The zero-order chi connectivity index (χ0) is 25.6. The number of rotatable bonds is 8. The summed E-state index contributed by atoms with van der Waals surface area (Å²) in [6.07, 6.45) is -4.07. The van der Waals surface area contributed by atoms with Gasteiger partial charge in [0.15, 0.2) is 0 Å². The van der Waals surface area contributed by atoms with Crippen molar-refractivity contribution in [1.29, 1.82) is 0 Å². The van der Waals surface area contributed by atoms with Gasteiger partial charge in [-0.3, -0.25) is 9.59 Å². The first-order valence-electron chi connectivity index (χ1n) is 10.1. The molecular formula is C22H19F5N6O2. The van der Waals surface area contributed by atoms with Crippen molar-refractivity contribution in [2.45, 2.75) is 13.1 Å². The molecule has 0 bridgehead atoms. The maximum atomic E-state index is 13.3. The van der Waals surface area contributed by atoms with E-state index in [4.69, 9.17) is 0 Å². The van der Waals surface area contributed by atoms with E-state index in [9.17, 15) is 31.5 Å². The van der Waals surface area contributed by atoms with Gasteiger partial charge in [0.05, 0.1) is 0 Å². The third-order valence-electron chi connectivity index (χ3n) is 4.41. The summed E-state index contributed by atoms with van der Waals surface area (Å²) in [6, 6.07) is 8.33. The second kappa shape index (κ2) is 10.8. The van der Waals surface area contributed by atoms with Gasteiger partial charge >= 0.3 is 6.18 Å². The molecule has 2 amide bonds. The number of halogens is 5. The molecule has 0 radical (unpaired) electrons. The Balaban J connectivity index is 1.69. The molecule has 35 heavy (non-hydrogen) atoms. The van der Waals surface area contributed by atoms with E-state index in [1.54, 1.807) is 0 Å². The molecule has 1 aromatic heterocycles. The zero-order valence-corrected chi connectivity index (χ0v) is 18.1. The number of hydrogen-bond acceptors (Lipinski definition) is 6. The molecule has 0 saturated carbocycles. The fourth-order valence-corrected chi connectivity index (χ4v) is 2.86. The summed E-state index contributed by atoms with van der Waals surface area (Å²) in [5.74, 6) is -3.44. The van der Waals surface area contributed by atoms with Crippen molar-refractivity contribution >= 4 is 35.0 Å². The molecule has 0 fully saturated rings. The lowest BCUT2D eigenvalue weighted by Crippen LogP contribution is -2.27. The van der Waals surface area contributed by atoms with E-state index in [0.717, 1.165) is 12.1 Å². The molecule has 0 atom stereocenters. The SMILES string of the molecule is CC(=O)NCCNc1nc(Nc2ccc(NC(=O)c3cc(F)cc(F)c3)cc2)ncc1C(F)(F)F. The Labute approximate surface area is 196 Å². The topological polar surface area (TPSA) is 108 Å². The summed E-state index contributed by atoms with van der Waals surface area (Å²) < 4.78 is 66.4. The van der Waals surface area contributed by atoms with Crippen LogP contribution in [-0.4, -0.2) is 34.9 Å². The predicted octanol–water partition coefficient (Wildman–Crippen LogP) is 4.32. The van der Waals surface area contributed by atoms with Crippen molar-refractivity contribution < 1.29 is 31.5 Å². The van der Waals surface area contributed by atoms with E-state index in [0.29, 0.717) is 23.6 Å². The highest BCUT2D eigenvalue weighted by molar-refractivity contribution is 6.04. The third kappa shape index (κ3) is 7.35. The summed E-state index contributed by atoms with van der Waals surface area (Å²) >= 11 is 0. The molecule has 13 heteroatoms. The predicted molar refractivity (Wildman–Crippen MR) is 118 cm³/mol. The normalized spacial score (nSPS) is 11.0. The van der Waals surface area contributed by atoms with Crippen LogP contribution in [0.25, 0.3) is 0 Å². The minimum atomic E-state index is -4.70. The van der Waals surface area contributed by atoms with Gasteiger partial charge in [-0.15, -0.1) is 0 Å². The van der Waals surface area contributed by atoms with Crippen LogP contribution < -0.4 is 21.3 Å². The Morgan fingerprint density at radius 2 is 1.57 bits per heavy atom. The molecule has 1 heterocycles. The van der Waals surface area contributed by atoms with E-state index in [1.165, 1.54) is 31.2 Å². The highest BCUT2D eigenvalue weighted by Crippen LogP contribution is 2.34. The van der Waals surface area contributed by atoms with Crippen LogP contribution >= 0.6 is 0 Å². The second-order valence-electron chi connectivity index (χ2n) is 7.18. The van der Waals surface area contributed by atoms with Gasteiger partial charge in [-0.25, -0.2) is 13.8 Å². The van der Waals surface area contributed by atoms with Crippen molar-refractivity contribution in [3.8, 4) is 0 Å². The van der Waals surface area contributed by atoms with Crippen molar-refractivity contribution in [3.63, 3.8) is 0 Å². The zero-order valence-electron chi connectivity index (χ0n) is 18.1. The lowest BCUT2D eigenvalue weighted by Gasteiger charge is -2.15.